The van der Waals surface area contributed by atoms with Gasteiger partial charge < -0.3 is 15.6 Å². The molecule has 0 aliphatic rings. The van der Waals surface area contributed by atoms with E-state index in [0.717, 1.165) is 16.5 Å². The Morgan fingerprint density at radius 3 is 2.62 bits per heavy atom. The van der Waals surface area contributed by atoms with Crippen LogP contribution in [0.2, 0.25) is 0 Å². The lowest BCUT2D eigenvalue weighted by molar-refractivity contribution is 0.0748. The fourth-order valence-electron chi connectivity index (χ4n) is 3.33. The Bertz CT molecular complexity index is 1070. The number of rotatable bonds is 5. The number of aromatic amines is 1. The predicted octanol–water partition coefficient (Wildman–Crippen LogP) is 3.92. The van der Waals surface area contributed by atoms with Gasteiger partial charge in [-0.15, -0.1) is 0 Å². The summed E-state index contributed by atoms with van der Waals surface area (Å²) >= 11 is 0. The molecule has 0 unspecified atom stereocenters. The van der Waals surface area contributed by atoms with Crippen molar-refractivity contribution in [3.63, 3.8) is 0 Å². The molecule has 3 N–H and O–H groups in total. The van der Waals surface area contributed by atoms with Gasteiger partial charge in [-0.1, -0.05) is 36.4 Å². The first-order valence-electron chi connectivity index (χ1n) is 8.79. The quantitative estimate of drug-likeness (QED) is 0.577. The SMILES string of the molecule is NCCN(Cc1ccc2ccccc2c1)C(=O)c1ccc2[nH]ccc2c1. The first-order valence-corrected chi connectivity index (χ1v) is 8.79. The molecule has 0 aliphatic carbocycles. The molecule has 0 aliphatic heterocycles. The van der Waals surface area contributed by atoms with Crippen molar-refractivity contribution in [2.24, 2.45) is 5.73 Å². The summed E-state index contributed by atoms with van der Waals surface area (Å²) in [6.45, 7) is 1.51. The molecule has 1 heterocycles. The van der Waals surface area contributed by atoms with E-state index in [1.807, 2.05) is 47.5 Å². The molecule has 4 heteroatoms. The summed E-state index contributed by atoms with van der Waals surface area (Å²) in [4.78, 5) is 18.0. The lowest BCUT2D eigenvalue weighted by Gasteiger charge is -2.22. The van der Waals surface area contributed by atoms with Gasteiger partial charge in [-0.2, -0.15) is 0 Å². The van der Waals surface area contributed by atoms with Crippen LogP contribution in [-0.2, 0) is 6.54 Å². The number of aromatic nitrogens is 1. The maximum Gasteiger partial charge on any atom is 0.254 e. The number of amides is 1. The fourth-order valence-corrected chi connectivity index (χ4v) is 3.33. The molecule has 0 spiro atoms. The third-order valence-electron chi connectivity index (χ3n) is 4.67. The van der Waals surface area contributed by atoms with Crippen LogP contribution >= 0.6 is 0 Å². The average Bonchev–Trinajstić information content (AvgIpc) is 3.15. The van der Waals surface area contributed by atoms with Crippen LogP contribution in [0.15, 0.2) is 72.9 Å². The van der Waals surface area contributed by atoms with Crippen LogP contribution in [0.1, 0.15) is 15.9 Å². The molecule has 0 atom stereocenters. The number of hydrogen-bond donors (Lipinski definition) is 2. The van der Waals surface area contributed by atoms with Crippen molar-refractivity contribution >= 4 is 27.6 Å². The van der Waals surface area contributed by atoms with Gasteiger partial charge in [0.1, 0.15) is 0 Å². The number of carbonyl (C=O) groups excluding carboxylic acids is 1. The maximum absolute atomic E-state index is 13.0. The third kappa shape index (κ3) is 3.19. The smallest absolute Gasteiger partial charge is 0.254 e. The molecular formula is C22H21N3O. The van der Waals surface area contributed by atoms with E-state index in [4.69, 9.17) is 5.73 Å². The number of nitrogens with two attached hydrogens (primary N) is 1. The highest BCUT2D eigenvalue weighted by Crippen LogP contribution is 2.19. The van der Waals surface area contributed by atoms with Crippen LogP contribution in [0.4, 0.5) is 0 Å². The molecule has 0 fully saturated rings. The zero-order valence-corrected chi connectivity index (χ0v) is 14.5. The Kier molecular flexibility index (Phi) is 4.42. The summed E-state index contributed by atoms with van der Waals surface area (Å²) < 4.78 is 0. The predicted molar refractivity (Wildman–Crippen MR) is 106 cm³/mol. The van der Waals surface area contributed by atoms with Gasteiger partial charge in [0.15, 0.2) is 0 Å². The molecule has 1 amide bonds. The first-order chi connectivity index (χ1) is 12.7. The summed E-state index contributed by atoms with van der Waals surface area (Å²) in [5.74, 6) is 0.00621. The molecule has 4 aromatic rings. The fraction of sp³-hybridized carbons (Fsp3) is 0.136. The molecule has 26 heavy (non-hydrogen) atoms. The topological polar surface area (TPSA) is 62.1 Å². The highest BCUT2D eigenvalue weighted by Gasteiger charge is 2.16. The molecule has 130 valence electrons. The maximum atomic E-state index is 13.0. The summed E-state index contributed by atoms with van der Waals surface area (Å²) in [5.41, 5.74) is 8.58. The third-order valence-corrected chi connectivity index (χ3v) is 4.67. The minimum atomic E-state index is 0.00621. The Morgan fingerprint density at radius 1 is 0.923 bits per heavy atom. The van der Waals surface area contributed by atoms with Gasteiger partial charge in [-0.3, -0.25) is 4.79 Å². The van der Waals surface area contributed by atoms with Crippen molar-refractivity contribution in [2.75, 3.05) is 13.1 Å². The van der Waals surface area contributed by atoms with E-state index in [1.54, 1.807) is 0 Å². The van der Waals surface area contributed by atoms with Gasteiger partial charge in [-0.05, 0) is 46.7 Å². The lowest BCUT2D eigenvalue weighted by Crippen LogP contribution is -2.34. The zero-order valence-electron chi connectivity index (χ0n) is 14.5. The number of fused-ring (bicyclic) bond motifs is 2. The Morgan fingerprint density at radius 2 is 1.77 bits per heavy atom. The minimum absolute atomic E-state index is 0.00621. The van der Waals surface area contributed by atoms with Crippen LogP contribution in [0.3, 0.4) is 0 Å². The summed E-state index contributed by atoms with van der Waals surface area (Å²) in [5, 5.41) is 3.42. The number of nitrogens with one attached hydrogen (secondary N) is 1. The van der Waals surface area contributed by atoms with E-state index in [0.29, 0.717) is 25.2 Å². The van der Waals surface area contributed by atoms with Gasteiger partial charge in [0, 0.05) is 42.3 Å². The molecule has 4 rings (SSSR count). The number of carbonyl (C=O) groups is 1. The second-order valence-electron chi connectivity index (χ2n) is 6.48. The first kappa shape index (κ1) is 16.4. The van der Waals surface area contributed by atoms with E-state index in [2.05, 4.69) is 35.3 Å². The number of H-pyrrole nitrogens is 1. The molecule has 0 saturated heterocycles. The molecule has 0 saturated carbocycles. The van der Waals surface area contributed by atoms with Gasteiger partial charge in [0.2, 0.25) is 0 Å². The van der Waals surface area contributed by atoms with Crippen LogP contribution in [-0.4, -0.2) is 28.9 Å². The van der Waals surface area contributed by atoms with E-state index in [9.17, 15) is 4.79 Å². The normalized spacial score (nSPS) is 11.1. The van der Waals surface area contributed by atoms with Crippen LogP contribution in [0, 0.1) is 0 Å². The van der Waals surface area contributed by atoms with E-state index >= 15 is 0 Å². The average molecular weight is 343 g/mol. The van der Waals surface area contributed by atoms with Crippen LogP contribution in [0.5, 0.6) is 0 Å². The molecule has 4 nitrogen and oxygen atoms in total. The highest BCUT2D eigenvalue weighted by molar-refractivity contribution is 5.98. The highest BCUT2D eigenvalue weighted by atomic mass is 16.2. The molecular weight excluding hydrogens is 322 g/mol. The van der Waals surface area contributed by atoms with Crippen molar-refractivity contribution in [1.82, 2.24) is 9.88 Å². The number of hydrogen-bond acceptors (Lipinski definition) is 2. The number of benzene rings is 3. The van der Waals surface area contributed by atoms with Crippen LogP contribution in [0.25, 0.3) is 21.7 Å². The second-order valence-corrected chi connectivity index (χ2v) is 6.48. The Balaban J connectivity index is 1.62. The molecule has 0 radical (unpaired) electrons. The van der Waals surface area contributed by atoms with Gasteiger partial charge >= 0.3 is 0 Å². The van der Waals surface area contributed by atoms with E-state index in [1.165, 1.54) is 10.8 Å². The monoisotopic (exact) mass is 343 g/mol. The van der Waals surface area contributed by atoms with Crippen molar-refractivity contribution in [2.45, 2.75) is 6.54 Å². The Hall–Kier alpha value is -3.11. The van der Waals surface area contributed by atoms with E-state index in [-0.39, 0.29) is 5.91 Å². The second kappa shape index (κ2) is 7.02. The van der Waals surface area contributed by atoms with Gasteiger partial charge in [-0.25, -0.2) is 0 Å². The standard InChI is InChI=1S/C22H21N3O/c23-10-12-25(15-16-5-6-17-3-1-2-4-18(17)13-16)22(26)20-7-8-21-19(14-20)9-11-24-21/h1-9,11,13-14,24H,10,12,15,23H2. The van der Waals surface area contributed by atoms with Gasteiger partial charge in [0.05, 0.1) is 0 Å². The van der Waals surface area contributed by atoms with Crippen molar-refractivity contribution < 1.29 is 4.79 Å². The van der Waals surface area contributed by atoms with Crippen molar-refractivity contribution in [1.29, 1.82) is 0 Å². The Labute approximate surface area is 152 Å². The van der Waals surface area contributed by atoms with Crippen LogP contribution < -0.4 is 5.73 Å². The lowest BCUT2D eigenvalue weighted by atomic mass is 10.1. The molecule has 1 aromatic heterocycles. The largest absolute Gasteiger partial charge is 0.361 e. The molecule has 3 aromatic carbocycles. The number of nitrogens with zero attached hydrogens (tertiary/aromatic N) is 1. The minimum Gasteiger partial charge on any atom is -0.361 e. The molecule has 0 bridgehead atoms. The van der Waals surface area contributed by atoms with Crippen molar-refractivity contribution in [3.05, 3.63) is 84.1 Å². The zero-order chi connectivity index (χ0) is 17.9. The summed E-state index contributed by atoms with van der Waals surface area (Å²) in [6.07, 6.45) is 1.88. The van der Waals surface area contributed by atoms with Crippen molar-refractivity contribution in [3.8, 4) is 0 Å². The summed E-state index contributed by atoms with van der Waals surface area (Å²) in [6, 6.07) is 22.3. The summed E-state index contributed by atoms with van der Waals surface area (Å²) in [7, 11) is 0. The van der Waals surface area contributed by atoms with Gasteiger partial charge in [0.25, 0.3) is 5.91 Å². The van der Waals surface area contributed by atoms with E-state index < -0.39 is 0 Å².